The number of halogens is 1. The molecule has 1 aliphatic rings. The van der Waals surface area contributed by atoms with E-state index in [2.05, 4.69) is 32.0 Å². The predicted molar refractivity (Wildman–Crippen MR) is 113 cm³/mol. The first-order valence-electron chi connectivity index (χ1n) is 8.80. The van der Waals surface area contributed by atoms with Crippen LogP contribution in [-0.2, 0) is 14.8 Å². The summed E-state index contributed by atoms with van der Waals surface area (Å²) in [7, 11) is -2.34. The summed E-state index contributed by atoms with van der Waals surface area (Å²) in [6, 6.07) is 11.2. The third-order valence-electron chi connectivity index (χ3n) is 4.41. The zero-order valence-corrected chi connectivity index (χ0v) is 17.7. The lowest BCUT2D eigenvalue weighted by atomic mass is 10.1. The average Bonchev–Trinajstić information content (AvgIpc) is 3.16. The van der Waals surface area contributed by atoms with Crippen LogP contribution in [-0.4, -0.2) is 21.4 Å². The van der Waals surface area contributed by atoms with E-state index >= 15 is 0 Å². The van der Waals surface area contributed by atoms with Crippen molar-refractivity contribution in [2.45, 2.75) is 24.2 Å². The quantitative estimate of drug-likeness (QED) is 0.588. The number of carbonyl (C=O) groups excluding carboxylic acids is 1. The SMILES string of the molecule is COc1ccc(S(=O)(=O)Nc2ccc(Br)cc2)cc1NC(=O)CC1C=CCC1. The van der Waals surface area contributed by atoms with E-state index in [-0.39, 0.29) is 16.7 Å². The highest BCUT2D eigenvalue weighted by atomic mass is 79.9. The summed E-state index contributed by atoms with van der Waals surface area (Å²) in [5.74, 6) is 0.445. The molecule has 0 saturated heterocycles. The van der Waals surface area contributed by atoms with Gasteiger partial charge >= 0.3 is 0 Å². The van der Waals surface area contributed by atoms with Crippen LogP contribution in [0.25, 0.3) is 0 Å². The third kappa shape index (κ3) is 5.14. The van der Waals surface area contributed by atoms with Gasteiger partial charge in [0, 0.05) is 16.6 Å². The number of anilines is 2. The molecule has 6 nitrogen and oxygen atoms in total. The Morgan fingerprint density at radius 2 is 1.96 bits per heavy atom. The van der Waals surface area contributed by atoms with Gasteiger partial charge in [-0.3, -0.25) is 9.52 Å². The van der Waals surface area contributed by atoms with E-state index in [0.29, 0.717) is 23.5 Å². The molecule has 0 fully saturated rings. The number of benzene rings is 2. The number of nitrogens with one attached hydrogen (secondary N) is 2. The van der Waals surface area contributed by atoms with E-state index in [1.165, 1.54) is 25.3 Å². The maximum absolute atomic E-state index is 12.7. The largest absolute Gasteiger partial charge is 0.495 e. The lowest BCUT2D eigenvalue weighted by Gasteiger charge is -2.14. The van der Waals surface area contributed by atoms with Gasteiger partial charge < -0.3 is 10.1 Å². The Bertz CT molecular complexity index is 988. The standard InChI is InChI=1S/C20H21BrN2O4S/c1-27-19-11-10-17(28(25,26)23-16-8-6-15(21)7-9-16)13-18(19)22-20(24)12-14-4-2-3-5-14/h2,4,6-11,13-14,23H,3,5,12H2,1H3,(H,22,24). The smallest absolute Gasteiger partial charge is 0.261 e. The first kappa shape index (κ1) is 20.4. The maximum Gasteiger partial charge on any atom is 0.261 e. The van der Waals surface area contributed by atoms with Crippen LogP contribution in [0.1, 0.15) is 19.3 Å². The van der Waals surface area contributed by atoms with Gasteiger partial charge in [0.05, 0.1) is 17.7 Å². The number of allylic oxidation sites excluding steroid dienone is 2. The van der Waals surface area contributed by atoms with E-state index in [0.717, 1.165) is 17.3 Å². The molecule has 1 atom stereocenters. The summed E-state index contributed by atoms with van der Waals surface area (Å²) in [6.45, 7) is 0. The van der Waals surface area contributed by atoms with Gasteiger partial charge in [0.25, 0.3) is 10.0 Å². The van der Waals surface area contributed by atoms with E-state index in [1.807, 2.05) is 6.08 Å². The van der Waals surface area contributed by atoms with Crippen LogP contribution in [0.2, 0.25) is 0 Å². The molecule has 2 N–H and O–H groups in total. The van der Waals surface area contributed by atoms with E-state index < -0.39 is 10.0 Å². The van der Waals surface area contributed by atoms with Crippen LogP contribution in [0.3, 0.4) is 0 Å². The summed E-state index contributed by atoms with van der Waals surface area (Å²) in [5, 5.41) is 2.78. The second-order valence-corrected chi connectivity index (χ2v) is 9.09. The summed E-state index contributed by atoms with van der Waals surface area (Å²) >= 11 is 3.31. The zero-order valence-electron chi connectivity index (χ0n) is 15.3. The monoisotopic (exact) mass is 464 g/mol. The molecule has 0 aromatic heterocycles. The summed E-state index contributed by atoms with van der Waals surface area (Å²) in [4.78, 5) is 12.4. The number of methoxy groups -OCH3 is 1. The van der Waals surface area contributed by atoms with Crippen molar-refractivity contribution in [2.75, 3.05) is 17.1 Å². The fourth-order valence-electron chi connectivity index (χ4n) is 2.99. The molecular formula is C20H21BrN2O4S. The number of sulfonamides is 1. The van der Waals surface area contributed by atoms with Crippen LogP contribution < -0.4 is 14.8 Å². The van der Waals surface area contributed by atoms with Crippen molar-refractivity contribution in [3.8, 4) is 5.75 Å². The number of ether oxygens (including phenoxy) is 1. The number of rotatable bonds is 7. The lowest BCUT2D eigenvalue weighted by molar-refractivity contribution is -0.116. The summed E-state index contributed by atoms with van der Waals surface area (Å²) < 4.78 is 34.1. The molecular weight excluding hydrogens is 444 g/mol. The molecule has 1 unspecified atom stereocenters. The minimum Gasteiger partial charge on any atom is -0.495 e. The molecule has 148 valence electrons. The van der Waals surface area contributed by atoms with Crippen molar-refractivity contribution >= 4 is 43.2 Å². The highest BCUT2D eigenvalue weighted by Gasteiger charge is 2.19. The van der Waals surface area contributed by atoms with Crippen LogP contribution in [0.4, 0.5) is 11.4 Å². The lowest BCUT2D eigenvalue weighted by Crippen LogP contribution is -2.17. The molecule has 1 amide bonds. The molecule has 0 saturated carbocycles. The Hall–Kier alpha value is -2.32. The van der Waals surface area contributed by atoms with Crippen LogP contribution in [0.15, 0.2) is 64.0 Å². The van der Waals surface area contributed by atoms with Crippen molar-refractivity contribution in [1.29, 1.82) is 0 Å². The van der Waals surface area contributed by atoms with Gasteiger partial charge in [-0.25, -0.2) is 8.42 Å². The Labute approximate surface area is 173 Å². The summed E-state index contributed by atoms with van der Waals surface area (Å²) in [5.41, 5.74) is 0.769. The molecule has 28 heavy (non-hydrogen) atoms. The summed E-state index contributed by atoms with van der Waals surface area (Å²) in [6.07, 6.45) is 6.40. The van der Waals surface area contributed by atoms with Gasteiger partial charge in [-0.05, 0) is 61.2 Å². The zero-order chi connectivity index (χ0) is 20.1. The second kappa shape index (κ2) is 8.79. The average molecular weight is 465 g/mol. The molecule has 0 aliphatic heterocycles. The molecule has 0 heterocycles. The number of hydrogen-bond acceptors (Lipinski definition) is 4. The molecule has 1 aliphatic carbocycles. The maximum atomic E-state index is 12.7. The Morgan fingerprint density at radius 1 is 1.21 bits per heavy atom. The first-order chi connectivity index (χ1) is 13.4. The van der Waals surface area contributed by atoms with Crippen molar-refractivity contribution in [3.63, 3.8) is 0 Å². The van der Waals surface area contributed by atoms with Crippen molar-refractivity contribution in [3.05, 3.63) is 59.1 Å². The molecule has 0 bridgehead atoms. The van der Waals surface area contributed by atoms with E-state index in [1.54, 1.807) is 24.3 Å². The van der Waals surface area contributed by atoms with Gasteiger partial charge in [0.1, 0.15) is 5.75 Å². The normalized spacial score (nSPS) is 16.0. The topological polar surface area (TPSA) is 84.5 Å². The molecule has 3 rings (SSSR count). The van der Waals surface area contributed by atoms with E-state index in [4.69, 9.17) is 4.74 Å². The molecule has 8 heteroatoms. The molecule has 0 spiro atoms. The van der Waals surface area contributed by atoms with E-state index in [9.17, 15) is 13.2 Å². The number of amides is 1. The van der Waals surface area contributed by atoms with Crippen LogP contribution in [0, 0.1) is 5.92 Å². The molecule has 2 aromatic rings. The van der Waals surface area contributed by atoms with Crippen LogP contribution >= 0.6 is 15.9 Å². The van der Waals surface area contributed by atoms with Crippen molar-refractivity contribution in [1.82, 2.24) is 0 Å². The van der Waals surface area contributed by atoms with Gasteiger partial charge in [0.2, 0.25) is 5.91 Å². The highest BCUT2D eigenvalue weighted by molar-refractivity contribution is 9.10. The minimum atomic E-state index is -3.82. The molecule has 0 radical (unpaired) electrons. The number of carbonyl (C=O) groups is 1. The minimum absolute atomic E-state index is 0.0345. The third-order valence-corrected chi connectivity index (χ3v) is 6.32. The Morgan fingerprint density at radius 3 is 2.61 bits per heavy atom. The fourth-order valence-corrected chi connectivity index (χ4v) is 4.34. The van der Waals surface area contributed by atoms with Crippen LogP contribution in [0.5, 0.6) is 5.75 Å². The van der Waals surface area contributed by atoms with Crippen molar-refractivity contribution < 1.29 is 17.9 Å². The Balaban J connectivity index is 1.79. The Kier molecular flexibility index (Phi) is 6.41. The first-order valence-corrected chi connectivity index (χ1v) is 11.1. The van der Waals surface area contributed by atoms with Gasteiger partial charge in [-0.2, -0.15) is 0 Å². The van der Waals surface area contributed by atoms with Gasteiger partial charge in [0.15, 0.2) is 0 Å². The highest BCUT2D eigenvalue weighted by Crippen LogP contribution is 2.29. The van der Waals surface area contributed by atoms with Gasteiger partial charge in [-0.15, -0.1) is 0 Å². The van der Waals surface area contributed by atoms with Crippen molar-refractivity contribution in [2.24, 2.45) is 5.92 Å². The second-order valence-electron chi connectivity index (χ2n) is 6.49. The van der Waals surface area contributed by atoms with Gasteiger partial charge in [-0.1, -0.05) is 28.1 Å². The fraction of sp³-hybridized carbons (Fsp3) is 0.250. The molecule has 2 aromatic carbocycles. The number of hydrogen-bond donors (Lipinski definition) is 2. The predicted octanol–water partition coefficient (Wildman–Crippen LogP) is 4.55.